The first-order valence-corrected chi connectivity index (χ1v) is 9.41. The molecule has 2 fully saturated rings. The molecular weight excluding hydrogens is 364 g/mol. The van der Waals surface area contributed by atoms with Crippen molar-refractivity contribution in [3.8, 4) is 0 Å². The maximum atomic E-state index is 13.0. The average Bonchev–Trinajstić information content (AvgIpc) is 3.18. The lowest BCUT2D eigenvalue weighted by atomic mass is 10.0. The van der Waals surface area contributed by atoms with Crippen LogP contribution in [0.2, 0.25) is 0 Å². The number of fused-ring (bicyclic) bond motifs is 1. The molecule has 3 aliphatic heterocycles. The molecule has 0 spiro atoms. The number of amides is 4. The summed E-state index contributed by atoms with van der Waals surface area (Å²) in [4.78, 5) is 50.3. The van der Waals surface area contributed by atoms with Gasteiger partial charge in [0.25, 0.3) is 11.8 Å². The summed E-state index contributed by atoms with van der Waals surface area (Å²) in [5, 5.41) is 18.2. The van der Waals surface area contributed by atoms with E-state index in [1.165, 1.54) is 0 Å². The summed E-state index contributed by atoms with van der Waals surface area (Å²) in [6.07, 6.45) is 0.562. The van der Waals surface area contributed by atoms with Crippen molar-refractivity contribution in [1.82, 2.24) is 20.9 Å². The maximum absolute atomic E-state index is 13.0. The molecule has 9 nitrogen and oxygen atoms in total. The Labute approximate surface area is 161 Å². The van der Waals surface area contributed by atoms with Gasteiger partial charge in [-0.25, -0.2) is 0 Å². The molecule has 28 heavy (non-hydrogen) atoms. The highest BCUT2D eigenvalue weighted by Gasteiger charge is 2.45. The molecular formula is C19H22N4O5. The van der Waals surface area contributed by atoms with E-state index in [1.807, 2.05) is 0 Å². The van der Waals surface area contributed by atoms with Crippen LogP contribution in [0.1, 0.15) is 45.5 Å². The third kappa shape index (κ3) is 3.32. The molecule has 3 atom stereocenters. The Morgan fingerprint density at radius 3 is 2.71 bits per heavy atom. The van der Waals surface area contributed by atoms with Crippen LogP contribution in [-0.2, 0) is 16.1 Å². The summed E-state index contributed by atoms with van der Waals surface area (Å²) in [5.41, 5.74) is 1.27. The number of nitrogens with one attached hydrogen (secondary N) is 3. The number of carbonyl (C=O) groups excluding carboxylic acids is 4. The zero-order valence-corrected chi connectivity index (χ0v) is 15.2. The number of aliphatic hydroxyl groups excluding tert-OH is 1. The van der Waals surface area contributed by atoms with Gasteiger partial charge in [-0.15, -0.1) is 0 Å². The Bertz CT molecular complexity index is 855. The Morgan fingerprint density at radius 1 is 1.18 bits per heavy atom. The fourth-order valence-corrected chi connectivity index (χ4v) is 4.07. The molecule has 3 aliphatic rings. The first-order chi connectivity index (χ1) is 13.5. The summed E-state index contributed by atoms with van der Waals surface area (Å²) in [5.74, 6) is -2.01. The summed E-state index contributed by atoms with van der Waals surface area (Å²) in [7, 11) is 0. The van der Waals surface area contributed by atoms with Crippen molar-refractivity contribution < 1.29 is 24.3 Å². The fraction of sp³-hybridized carbons (Fsp3) is 0.474. The molecule has 0 aliphatic carbocycles. The second-order valence-electron chi connectivity index (χ2n) is 7.41. The van der Waals surface area contributed by atoms with E-state index in [0.29, 0.717) is 37.2 Å². The third-order valence-electron chi connectivity index (χ3n) is 5.46. The third-order valence-corrected chi connectivity index (χ3v) is 5.46. The summed E-state index contributed by atoms with van der Waals surface area (Å²) < 4.78 is 0. The van der Waals surface area contributed by atoms with Crippen LogP contribution < -0.4 is 16.0 Å². The summed E-state index contributed by atoms with van der Waals surface area (Å²) in [6, 6.07) is 4.27. The largest absolute Gasteiger partial charge is 0.392 e. The van der Waals surface area contributed by atoms with Crippen LogP contribution in [0, 0.1) is 0 Å². The predicted octanol–water partition coefficient (Wildman–Crippen LogP) is -1.10. The van der Waals surface area contributed by atoms with E-state index in [4.69, 9.17) is 0 Å². The summed E-state index contributed by atoms with van der Waals surface area (Å²) >= 11 is 0. The van der Waals surface area contributed by atoms with Crippen LogP contribution in [-0.4, -0.2) is 64.9 Å². The van der Waals surface area contributed by atoms with Gasteiger partial charge >= 0.3 is 0 Å². The topological polar surface area (TPSA) is 128 Å². The smallest absolute Gasteiger partial charge is 0.262 e. The van der Waals surface area contributed by atoms with Gasteiger partial charge in [0.1, 0.15) is 6.04 Å². The van der Waals surface area contributed by atoms with Gasteiger partial charge in [0.2, 0.25) is 11.8 Å². The Kier molecular flexibility index (Phi) is 4.96. The van der Waals surface area contributed by atoms with Crippen molar-refractivity contribution >= 4 is 23.6 Å². The van der Waals surface area contributed by atoms with E-state index < -0.39 is 29.7 Å². The van der Waals surface area contributed by atoms with Gasteiger partial charge < -0.3 is 15.7 Å². The number of hydrogen-bond donors (Lipinski definition) is 4. The van der Waals surface area contributed by atoms with Gasteiger partial charge in [-0.05, 0) is 24.5 Å². The van der Waals surface area contributed by atoms with Gasteiger partial charge in [0, 0.05) is 32.1 Å². The van der Waals surface area contributed by atoms with E-state index in [-0.39, 0.29) is 30.6 Å². The number of benzene rings is 1. The molecule has 4 rings (SSSR count). The first kappa shape index (κ1) is 18.7. The van der Waals surface area contributed by atoms with Gasteiger partial charge in [0.15, 0.2) is 0 Å². The molecule has 4 N–H and O–H groups in total. The lowest BCUT2D eigenvalue weighted by Gasteiger charge is -2.27. The molecule has 2 saturated heterocycles. The number of hydrogen-bond acceptors (Lipinski definition) is 7. The molecule has 1 unspecified atom stereocenters. The number of carbonyl (C=O) groups is 4. The van der Waals surface area contributed by atoms with E-state index >= 15 is 0 Å². The molecule has 0 radical (unpaired) electrons. The fourth-order valence-electron chi connectivity index (χ4n) is 4.07. The number of aliphatic hydroxyl groups is 1. The second kappa shape index (κ2) is 7.42. The van der Waals surface area contributed by atoms with E-state index in [1.54, 1.807) is 18.2 Å². The Morgan fingerprint density at radius 2 is 2.00 bits per heavy atom. The molecule has 3 heterocycles. The maximum Gasteiger partial charge on any atom is 0.262 e. The molecule has 0 aromatic heterocycles. The zero-order chi connectivity index (χ0) is 19.8. The molecule has 0 bridgehead atoms. The van der Waals surface area contributed by atoms with Crippen molar-refractivity contribution in [2.45, 2.75) is 44.0 Å². The lowest BCUT2D eigenvalue weighted by molar-refractivity contribution is -0.136. The monoisotopic (exact) mass is 386 g/mol. The zero-order valence-electron chi connectivity index (χ0n) is 15.2. The van der Waals surface area contributed by atoms with Crippen molar-refractivity contribution in [3.05, 3.63) is 34.9 Å². The molecule has 1 aromatic carbocycles. The van der Waals surface area contributed by atoms with Gasteiger partial charge in [0.05, 0.1) is 17.2 Å². The highest BCUT2D eigenvalue weighted by Crippen LogP contribution is 2.29. The van der Waals surface area contributed by atoms with Gasteiger partial charge in [-0.2, -0.15) is 0 Å². The van der Waals surface area contributed by atoms with Crippen LogP contribution in [0.3, 0.4) is 0 Å². The standard InChI is InChI=1S/C19H22N4O5/c24-12-6-11(21-9-12)8-20-7-10-2-1-3-13-16(10)19(28)23(18(13)27)14-4-5-15(25)22-17(14)26/h1-3,11-12,14,20-21,24H,4-9H2,(H,22,25,26)/t11-,12+,14?/m1/s1. The van der Waals surface area contributed by atoms with Crippen molar-refractivity contribution in [1.29, 1.82) is 0 Å². The minimum Gasteiger partial charge on any atom is -0.392 e. The van der Waals surface area contributed by atoms with E-state index in [9.17, 15) is 24.3 Å². The van der Waals surface area contributed by atoms with Crippen LogP contribution in [0.15, 0.2) is 18.2 Å². The number of nitrogens with zero attached hydrogens (tertiary/aromatic N) is 1. The van der Waals surface area contributed by atoms with Crippen LogP contribution in [0.5, 0.6) is 0 Å². The average molecular weight is 386 g/mol. The number of rotatable bonds is 5. The molecule has 4 amide bonds. The normalized spacial score (nSPS) is 27.3. The summed E-state index contributed by atoms with van der Waals surface area (Å²) in [6.45, 7) is 1.58. The van der Waals surface area contributed by atoms with Crippen LogP contribution in [0.4, 0.5) is 0 Å². The Balaban J connectivity index is 1.49. The van der Waals surface area contributed by atoms with Crippen molar-refractivity contribution in [2.75, 3.05) is 13.1 Å². The Hall–Kier alpha value is -2.62. The van der Waals surface area contributed by atoms with Crippen LogP contribution in [0.25, 0.3) is 0 Å². The van der Waals surface area contributed by atoms with Crippen molar-refractivity contribution in [2.24, 2.45) is 0 Å². The highest BCUT2D eigenvalue weighted by atomic mass is 16.3. The minimum absolute atomic E-state index is 0.0957. The first-order valence-electron chi connectivity index (χ1n) is 9.41. The van der Waals surface area contributed by atoms with E-state index in [2.05, 4.69) is 16.0 Å². The SMILES string of the molecule is O=C1CCC(N2C(=O)c3cccc(CNC[C@H]4C[C@H](O)CN4)c3C2=O)C(=O)N1. The number of piperidine rings is 1. The van der Waals surface area contributed by atoms with Crippen LogP contribution >= 0.6 is 0 Å². The predicted molar refractivity (Wildman–Crippen MR) is 97.2 cm³/mol. The van der Waals surface area contributed by atoms with Gasteiger partial charge in [-0.3, -0.25) is 29.4 Å². The molecule has 0 saturated carbocycles. The van der Waals surface area contributed by atoms with Crippen molar-refractivity contribution in [3.63, 3.8) is 0 Å². The highest BCUT2D eigenvalue weighted by molar-refractivity contribution is 6.24. The van der Waals surface area contributed by atoms with E-state index in [0.717, 1.165) is 4.90 Å². The van der Waals surface area contributed by atoms with Gasteiger partial charge in [-0.1, -0.05) is 12.1 Å². The molecule has 1 aromatic rings. The quantitative estimate of drug-likeness (QED) is 0.473. The lowest BCUT2D eigenvalue weighted by Crippen LogP contribution is -2.54. The number of β-amino-alcohol motifs (C(OH)–C–C–N with tert-alkyl or cyclic N) is 1. The molecule has 148 valence electrons. The number of imide groups is 2. The second-order valence-corrected chi connectivity index (χ2v) is 7.41. The molecule has 9 heteroatoms. The minimum atomic E-state index is -0.963.